The summed E-state index contributed by atoms with van der Waals surface area (Å²) < 4.78 is 38.7. The third-order valence-corrected chi connectivity index (χ3v) is 3.26. The van der Waals surface area contributed by atoms with Crippen LogP contribution in [0, 0.1) is 5.41 Å². The van der Waals surface area contributed by atoms with Crippen molar-refractivity contribution in [3.05, 3.63) is 0 Å². The highest BCUT2D eigenvalue weighted by Crippen LogP contribution is 2.45. The maximum atomic E-state index is 12.9. The first kappa shape index (κ1) is 16.1. The number of alkyl halides is 3. The molecule has 7 nitrogen and oxygen atoms in total. The lowest BCUT2D eigenvalue weighted by atomic mass is 9.86. The molecule has 1 saturated heterocycles. The molecule has 1 aliphatic rings. The number of nitrogens with zero attached hydrogens (tertiary/aromatic N) is 1. The van der Waals surface area contributed by atoms with Gasteiger partial charge in [0.25, 0.3) is 0 Å². The first-order chi connectivity index (χ1) is 9.01. The Kier molecular flexibility index (Phi) is 4.15. The van der Waals surface area contributed by atoms with Gasteiger partial charge < -0.3 is 21.1 Å². The van der Waals surface area contributed by atoms with Gasteiger partial charge in [-0.3, -0.25) is 9.59 Å². The molecule has 0 saturated carbocycles. The molecule has 0 radical (unpaired) electrons. The summed E-state index contributed by atoms with van der Waals surface area (Å²) in [4.78, 5) is 34.1. The number of primary amides is 1. The average molecular weight is 297 g/mol. The number of carboxylic acids is 1. The average Bonchev–Trinajstić information content (AvgIpc) is 2.72. The van der Waals surface area contributed by atoms with Crippen molar-refractivity contribution in [2.75, 3.05) is 13.1 Å². The third kappa shape index (κ3) is 2.78. The number of carboxylic acid groups (broad SMARTS) is 1. The quantitative estimate of drug-likeness (QED) is 0.675. The van der Waals surface area contributed by atoms with Gasteiger partial charge in [-0.25, -0.2) is 4.79 Å². The molecule has 10 heteroatoms. The molecule has 2 atom stereocenters. The number of amides is 3. The number of rotatable bonds is 3. The van der Waals surface area contributed by atoms with Crippen LogP contribution in [0.15, 0.2) is 0 Å². The lowest BCUT2D eigenvalue weighted by Gasteiger charge is -2.28. The first-order valence-corrected chi connectivity index (χ1v) is 5.66. The SMILES string of the molecule is CC(NC(N)=O)C(=O)N1CCC(C(=O)O)(C(F)(F)F)C1. The van der Waals surface area contributed by atoms with E-state index in [4.69, 9.17) is 10.8 Å². The van der Waals surface area contributed by atoms with Gasteiger partial charge in [-0.2, -0.15) is 13.2 Å². The van der Waals surface area contributed by atoms with Gasteiger partial charge in [-0.05, 0) is 13.3 Å². The molecule has 0 bridgehead atoms. The zero-order valence-corrected chi connectivity index (χ0v) is 10.5. The predicted molar refractivity (Wildman–Crippen MR) is 59.5 cm³/mol. The van der Waals surface area contributed by atoms with Crippen LogP contribution >= 0.6 is 0 Å². The Bertz CT molecular complexity index is 440. The Balaban J connectivity index is 2.87. The summed E-state index contributed by atoms with van der Waals surface area (Å²) in [7, 11) is 0. The van der Waals surface area contributed by atoms with Crippen molar-refractivity contribution in [1.29, 1.82) is 0 Å². The first-order valence-electron chi connectivity index (χ1n) is 5.66. The Morgan fingerprint density at radius 1 is 1.40 bits per heavy atom. The number of aliphatic carboxylic acids is 1. The minimum Gasteiger partial charge on any atom is -0.481 e. The minimum atomic E-state index is -4.96. The molecule has 0 spiro atoms. The molecule has 4 N–H and O–H groups in total. The van der Waals surface area contributed by atoms with E-state index in [2.05, 4.69) is 0 Å². The van der Waals surface area contributed by atoms with Crippen LogP contribution in [-0.2, 0) is 9.59 Å². The summed E-state index contributed by atoms with van der Waals surface area (Å²) in [5.41, 5.74) is 1.84. The Hall–Kier alpha value is -2.00. The molecule has 114 valence electrons. The summed E-state index contributed by atoms with van der Waals surface area (Å²) in [6.07, 6.45) is -5.69. The van der Waals surface area contributed by atoms with Crippen LogP contribution in [0.25, 0.3) is 0 Å². The van der Waals surface area contributed by atoms with Gasteiger partial charge in [0.1, 0.15) is 6.04 Å². The lowest BCUT2D eigenvalue weighted by Crippen LogP contribution is -2.51. The van der Waals surface area contributed by atoms with Crippen LogP contribution in [0.3, 0.4) is 0 Å². The number of likely N-dealkylation sites (tertiary alicyclic amines) is 1. The van der Waals surface area contributed by atoms with Crippen molar-refractivity contribution < 1.29 is 32.7 Å². The van der Waals surface area contributed by atoms with Crippen LogP contribution in [0.1, 0.15) is 13.3 Å². The van der Waals surface area contributed by atoms with E-state index in [0.717, 1.165) is 4.90 Å². The van der Waals surface area contributed by atoms with E-state index in [0.29, 0.717) is 0 Å². The zero-order valence-electron chi connectivity index (χ0n) is 10.5. The molecule has 0 aromatic rings. The second-order valence-electron chi connectivity index (χ2n) is 4.63. The Morgan fingerprint density at radius 3 is 2.30 bits per heavy atom. The molecule has 1 fully saturated rings. The Morgan fingerprint density at radius 2 is 1.95 bits per heavy atom. The van der Waals surface area contributed by atoms with Gasteiger partial charge in [0.2, 0.25) is 5.91 Å². The molecule has 1 rings (SSSR count). The second-order valence-corrected chi connectivity index (χ2v) is 4.63. The van der Waals surface area contributed by atoms with Gasteiger partial charge in [0, 0.05) is 13.1 Å². The molecule has 3 amide bonds. The summed E-state index contributed by atoms with van der Waals surface area (Å²) in [6, 6.07) is -2.12. The normalized spacial score (nSPS) is 24.3. The number of hydrogen-bond donors (Lipinski definition) is 3. The van der Waals surface area contributed by atoms with Gasteiger partial charge in [-0.15, -0.1) is 0 Å². The van der Waals surface area contributed by atoms with Gasteiger partial charge in [0.05, 0.1) is 0 Å². The predicted octanol–water partition coefficient (Wildman–Crippen LogP) is -0.0912. The molecular formula is C10H14F3N3O4. The maximum Gasteiger partial charge on any atom is 0.406 e. The van der Waals surface area contributed by atoms with Crippen LogP contribution in [0.4, 0.5) is 18.0 Å². The number of nitrogens with one attached hydrogen (secondary N) is 1. The topological polar surface area (TPSA) is 113 Å². The molecule has 1 aliphatic heterocycles. The summed E-state index contributed by atoms with van der Waals surface area (Å²) >= 11 is 0. The molecule has 20 heavy (non-hydrogen) atoms. The van der Waals surface area contributed by atoms with E-state index < -0.39 is 48.5 Å². The number of urea groups is 1. The summed E-state index contributed by atoms with van der Waals surface area (Å²) in [6.45, 7) is -0.0771. The van der Waals surface area contributed by atoms with Crippen molar-refractivity contribution in [2.24, 2.45) is 11.1 Å². The standard InChI is InChI=1S/C10H14F3N3O4/c1-5(15-8(14)20)6(17)16-3-2-9(4-16,7(18)19)10(11,12)13/h5H,2-4H2,1H3,(H,18,19)(H3,14,15,20). The van der Waals surface area contributed by atoms with Gasteiger partial charge >= 0.3 is 18.2 Å². The fraction of sp³-hybridized carbons (Fsp3) is 0.700. The molecule has 0 aromatic carbocycles. The van der Waals surface area contributed by atoms with Crippen LogP contribution in [0.5, 0.6) is 0 Å². The van der Waals surface area contributed by atoms with E-state index in [1.54, 1.807) is 0 Å². The molecule has 0 aliphatic carbocycles. The van der Waals surface area contributed by atoms with E-state index in [1.165, 1.54) is 6.92 Å². The van der Waals surface area contributed by atoms with Crippen molar-refractivity contribution in [2.45, 2.75) is 25.6 Å². The Labute approximate surface area is 111 Å². The lowest BCUT2D eigenvalue weighted by molar-refractivity contribution is -0.227. The molecular weight excluding hydrogens is 283 g/mol. The molecule has 2 unspecified atom stereocenters. The second kappa shape index (κ2) is 5.17. The number of nitrogens with two attached hydrogens (primary N) is 1. The van der Waals surface area contributed by atoms with E-state index in [9.17, 15) is 27.6 Å². The smallest absolute Gasteiger partial charge is 0.406 e. The molecule has 0 aromatic heterocycles. The zero-order chi connectivity index (χ0) is 15.7. The monoisotopic (exact) mass is 297 g/mol. The number of carbonyl (C=O) groups is 3. The van der Waals surface area contributed by atoms with Gasteiger partial charge in [0.15, 0.2) is 5.41 Å². The van der Waals surface area contributed by atoms with E-state index in [1.807, 2.05) is 5.32 Å². The van der Waals surface area contributed by atoms with Crippen molar-refractivity contribution >= 4 is 17.9 Å². The highest BCUT2D eigenvalue weighted by molar-refractivity contribution is 5.87. The maximum absolute atomic E-state index is 12.9. The molecule has 1 heterocycles. The van der Waals surface area contributed by atoms with Crippen LogP contribution < -0.4 is 11.1 Å². The summed E-state index contributed by atoms with van der Waals surface area (Å²) in [5, 5.41) is 10.9. The van der Waals surface area contributed by atoms with Crippen molar-refractivity contribution in [3.63, 3.8) is 0 Å². The van der Waals surface area contributed by atoms with E-state index >= 15 is 0 Å². The number of halogens is 3. The number of hydrogen-bond acceptors (Lipinski definition) is 3. The van der Waals surface area contributed by atoms with Crippen molar-refractivity contribution in [1.82, 2.24) is 10.2 Å². The highest BCUT2D eigenvalue weighted by Gasteiger charge is 2.64. The van der Waals surface area contributed by atoms with E-state index in [-0.39, 0.29) is 6.54 Å². The van der Waals surface area contributed by atoms with Crippen LogP contribution in [-0.4, -0.2) is 53.2 Å². The summed E-state index contributed by atoms with van der Waals surface area (Å²) in [5.74, 6) is -2.83. The van der Waals surface area contributed by atoms with Crippen LogP contribution in [0.2, 0.25) is 0 Å². The minimum absolute atomic E-state index is 0.352. The highest BCUT2D eigenvalue weighted by atomic mass is 19.4. The third-order valence-electron chi connectivity index (χ3n) is 3.26. The van der Waals surface area contributed by atoms with Gasteiger partial charge in [-0.1, -0.05) is 0 Å². The van der Waals surface area contributed by atoms with Crippen molar-refractivity contribution in [3.8, 4) is 0 Å². The number of carbonyl (C=O) groups excluding carboxylic acids is 2. The fourth-order valence-corrected chi connectivity index (χ4v) is 2.07. The fourth-order valence-electron chi connectivity index (χ4n) is 2.07. The largest absolute Gasteiger partial charge is 0.481 e.